The van der Waals surface area contributed by atoms with Gasteiger partial charge in [0.15, 0.2) is 0 Å². The molecule has 2 aromatic rings. The van der Waals surface area contributed by atoms with Gasteiger partial charge in [-0.1, -0.05) is 24.6 Å². The Kier molecular flexibility index (Phi) is 5.39. The fourth-order valence-electron chi connectivity index (χ4n) is 2.30. The van der Waals surface area contributed by atoms with Crippen molar-refractivity contribution in [1.82, 2.24) is 15.1 Å². The minimum absolute atomic E-state index is 0.281. The van der Waals surface area contributed by atoms with Gasteiger partial charge in [0.05, 0.1) is 5.69 Å². The van der Waals surface area contributed by atoms with E-state index in [2.05, 4.69) is 49.4 Å². The van der Waals surface area contributed by atoms with Gasteiger partial charge in [-0.15, -0.1) is 0 Å². The topological polar surface area (TPSA) is 39.1 Å². The van der Waals surface area contributed by atoms with Gasteiger partial charge in [-0.25, -0.2) is 0 Å². The van der Waals surface area contributed by atoms with Crippen LogP contribution in [0.2, 0.25) is 0 Å². The molecule has 2 rings (SSSR count). The second-order valence-corrected chi connectivity index (χ2v) is 5.49. The molecular formula is C17H25N3O. The van der Waals surface area contributed by atoms with Gasteiger partial charge >= 0.3 is 0 Å². The van der Waals surface area contributed by atoms with Gasteiger partial charge in [-0.3, -0.25) is 4.68 Å². The van der Waals surface area contributed by atoms with Crippen LogP contribution in [0.3, 0.4) is 0 Å². The van der Waals surface area contributed by atoms with E-state index in [4.69, 9.17) is 4.74 Å². The summed E-state index contributed by atoms with van der Waals surface area (Å²) in [7, 11) is 1.91. The summed E-state index contributed by atoms with van der Waals surface area (Å²) in [5.41, 5.74) is 3.40. The van der Waals surface area contributed by atoms with Crippen LogP contribution in [0.1, 0.15) is 43.1 Å². The van der Waals surface area contributed by atoms with Crippen molar-refractivity contribution in [3.8, 4) is 5.75 Å². The number of rotatable bonds is 7. The van der Waals surface area contributed by atoms with Crippen LogP contribution in [-0.4, -0.2) is 16.3 Å². The summed E-state index contributed by atoms with van der Waals surface area (Å²) in [6.07, 6.45) is 3.06. The van der Waals surface area contributed by atoms with E-state index in [9.17, 15) is 0 Å². The first-order chi connectivity index (χ1) is 10.1. The summed E-state index contributed by atoms with van der Waals surface area (Å²) in [6.45, 7) is 7.97. The van der Waals surface area contributed by atoms with Crippen molar-refractivity contribution < 1.29 is 4.74 Å². The quantitative estimate of drug-likeness (QED) is 0.848. The van der Waals surface area contributed by atoms with E-state index in [1.807, 2.05) is 19.3 Å². The molecule has 0 bridgehead atoms. The van der Waals surface area contributed by atoms with Gasteiger partial charge in [0.2, 0.25) is 0 Å². The van der Waals surface area contributed by atoms with Gasteiger partial charge in [-0.05, 0) is 38.9 Å². The van der Waals surface area contributed by atoms with Gasteiger partial charge in [-0.2, -0.15) is 5.10 Å². The summed E-state index contributed by atoms with van der Waals surface area (Å²) in [5.74, 6) is 0.933. The Morgan fingerprint density at radius 1 is 1.33 bits per heavy atom. The highest BCUT2D eigenvalue weighted by molar-refractivity contribution is 5.39. The molecule has 114 valence electrons. The minimum atomic E-state index is 0.281. The molecular weight excluding hydrogens is 262 g/mol. The third-order valence-electron chi connectivity index (χ3n) is 3.48. The lowest BCUT2D eigenvalue weighted by atomic mass is 10.0. The van der Waals surface area contributed by atoms with Crippen LogP contribution in [0.25, 0.3) is 0 Å². The number of ether oxygens (including phenoxy) is 1. The predicted molar refractivity (Wildman–Crippen MR) is 85.4 cm³/mol. The first-order valence-corrected chi connectivity index (χ1v) is 7.55. The van der Waals surface area contributed by atoms with Gasteiger partial charge in [0, 0.05) is 24.8 Å². The predicted octanol–water partition coefficient (Wildman–Crippen LogP) is 3.37. The highest BCUT2D eigenvalue weighted by Crippen LogP contribution is 2.27. The summed E-state index contributed by atoms with van der Waals surface area (Å²) >= 11 is 0. The molecule has 1 atom stereocenters. The van der Waals surface area contributed by atoms with Crippen LogP contribution >= 0.6 is 0 Å². The summed E-state index contributed by atoms with van der Waals surface area (Å²) < 4.78 is 7.77. The normalized spacial score (nSPS) is 12.4. The smallest absolute Gasteiger partial charge is 0.132 e. The average Bonchev–Trinajstić information content (AvgIpc) is 2.89. The Labute approximate surface area is 127 Å². The van der Waals surface area contributed by atoms with Gasteiger partial charge in [0.25, 0.3) is 0 Å². The molecule has 0 fully saturated rings. The molecule has 1 aromatic carbocycles. The van der Waals surface area contributed by atoms with E-state index in [1.54, 1.807) is 4.68 Å². The Morgan fingerprint density at radius 3 is 2.81 bits per heavy atom. The second-order valence-electron chi connectivity index (χ2n) is 5.49. The monoisotopic (exact) mass is 287 g/mol. The van der Waals surface area contributed by atoms with Crippen molar-refractivity contribution >= 4 is 0 Å². The fourth-order valence-corrected chi connectivity index (χ4v) is 2.30. The molecule has 0 saturated carbocycles. The molecule has 21 heavy (non-hydrogen) atoms. The zero-order valence-electron chi connectivity index (χ0n) is 13.4. The highest BCUT2D eigenvalue weighted by Gasteiger charge is 2.12. The van der Waals surface area contributed by atoms with E-state index in [0.29, 0.717) is 6.61 Å². The van der Waals surface area contributed by atoms with E-state index < -0.39 is 0 Å². The molecule has 1 N–H and O–H groups in total. The maximum absolute atomic E-state index is 5.98. The number of aryl methyl sites for hydroxylation is 2. The zero-order valence-corrected chi connectivity index (χ0v) is 13.4. The molecule has 1 aromatic heterocycles. The number of benzene rings is 1. The van der Waals surface area contributed by atoms with Crippen molar-refractivity contribution in [2.75, 3.05) is 6.54 Å². The first kappa shape index (κ1) is 15.6. The fraction of sp³-hybridized carbons (Fsp3) is 0.471. The summed E-state index contributed by atoms with van der Waals surface area (Å²) in [6, 6.07) is 8.60. The first-order valence-electron chi connectivity index (χ1n) is 7.55. The standard InChI is InChI=1S/C17H25N3O/c1-5-9-18-14(3)16-11-13(2)6-7-17(16)21-12-15-8-10-20(4)19-15/h6-8,10-11,14,18H,5,9,12H2,1-4H3. The highest BCUT2D eigenvalue weighted by atomic mass is 16.5. The minimum Gasteiger partial charge on any atom is -0.487 e. The molecule has 0 radical (unpaired) electrons. The van der Waals surface area contributed by atoms with Gasteiger partial charge in [0.1, 0.15) is 12.4 Å². The Morgan fingerprint density at radius 2 is 2.14 bits per heavy atom. The van der Waals surface area contributed by atoms with Crippen LogP contribution in [0, 0.1) is 6.92 Å². The molecule has 4 heteroatoms. The van der Waals surface area contributed by atoms with Crippen molar-refractivity contribution in [3.63, 3.8) is 0 Å². The summed E-state index contributed by atoms with van der Waals surface area (Å²) in [4.78, 5) is 0. The van der Waals surface area contributed by atoms with Crippen molar-refractivity contribution in [3.05, 3.63) is 47.3 Å². The van der Waals surface area contributed by atoms with E-state index in [0.717, 1.165) is 24.4 Å². The SMILES string of the molecule is CCCNC(C)c1cc(C)ccc1OCc1ccn(C)n1. The maximum atomic E-state index is 5.98. The van der Waals surface area contributed by atoms with Crippen molar-refractivity contribution in [1.29, 1.82) is 0 Å². The van der Waals surface area contributed by atoms with E-state index in [1.165, 1.54) is 11.1 Å². The largest absolute Gasteiger partial charge is 0.487 e. The van der Waals surface area contributed by atoms with E-state index in [-0.39, 0.29) is 6.04 Å². The molecule has 1 unspecified atom stereocenters. The number of nitrogens with one attached hydrogen (secondary N) is 1. The van der Waals surface area contributed by atoms with Crippen LogP contribution in [-0.2, 0) is 13.7 Å². The molecule has 0 aliphatic rings. The van der Waals surface area contributed by atoms with Crippen LogP contribution in [0.4, 0.5) is 0 Å². The van der Waals surface area contributed by atoms with Crippen LogP contribution < -0.4 is 10.1 Å². The molecule has 1 heterocycles. The Balaban J connectivity index is 2.10. The third kappa shape index (κ3) is 4.33. The van der Waals surface area contributed by atoms with Crippen molar-refractivity contribution in [2.45, 2.75) is 39.8 Å². The second kappa shape index (κ2) is 7.27. The number of nitrogens with zero attached hydrogens (tertiary/aromatic N) is 2. The zero-order chi connectivity index (χ0) is 15.2. The molecule has 4 nitrogen and oxygen atoms in total. The lowest BCUT2D eigenvalue weighted by molar-refractivity contribution is 0.294. The Bertz CT molecular complexity index is 577. The lowest BCUT2D eigenvalue weighted by Gasteiger charge is -2.18. The third-order valence-corrected chi connectivity index (χ3v) is 3.48. The molecule has 0 saturated heterocycles. The van der Waals surface area contributed by atoms with E-state index >= 15 is 0 Å². The number of hydrogen-bond donors (Lipinski definition) is 1. The van der Waals surface area contributed by atoms with Crippen molar-refractivity contribution in [2.24, 2.45) is 7.05 Å². The maximum Gasteiger partial charge on any atom is 0.132 e. The Hall–Kier alpha value is -1.81. The number of hydrogen-bond acceptors (Lipinski definition) is 3. The molecule has 0 aliphatic carbocycles. The number of aromatic nitrogens is 2. The lowest BCUT2D eigenvalue weighted by Crippen LogP contribution is -2.20. The van der Waals surface area contributed by atoms with Crippen LogP contribution in [0.5, 0.6) is 5.75 Å². The molecule has 0 amide bonds. The summed E-state index contributed by atoms with van der Waals surface area (Å²) in [5, 5.41) is 7.86. The van der Waals surface area contributed by atoms with Crippen LogP contribution in [0.15, 0.2) is 30.5 Å². The van der Waals surface area contributed by atoms with Gasteiger partial charge < -0.3 is 10.1 Å². The average molecular weight is 287 g/mol. The molecule has 0 aliphatic heterocycles. The molecule has 0 spiro atoms.